The van der Waals surface area contributed by atoms with E-state index in [0.717, 1.165) is 0 Å². The third-order valence-corrected chi connectivity index (χ3v) is 4.38. The molecule has 0 spiro atoms. The highest BCUT2D eigenvalue weighted by atomic mass is 35.5. The van der Waals surface area contributed by atoms with Crippen molar-refractivity contribution in [3.63, 3.8) is 0 Å². The van der Waals surface area contributed by atoms with E-state index in [4.69, 9.17) is 14.2 Å². The third-order valence-electron chi connectivity index (χ3n) is 2.90. The number of nitrogens with one attached hydrogen (secondary N) is 2. The van der Waals surface area contributed by atoms with Crippen molar-refractivity contribution in [2.45, 2.75) is 4.90 Å². The zero-order chi connectivity index (χ0) is 15.1. The first kappa shape index (κ1) is 19.0. The molecule has 1 heterocycles. The summed E-state index contributed by atoms with van der Waals surface area (Å²) in [5, 5.41) is 3.06. The van der Waals surface area contributed by atoms with Gasteiger partial charge in [-0.3, -0.25) is 0 Å². The fourth-order valence-electron chi connectivity index (χ4n) is 1.91. The van der Waals surface area contributed by atoms with E-state index in [1.165, 1.54) is 6.07 Å². The molecule has 0 saturated heterocycles. The molecule has 1 aliphatic heterocycles. The van der Waals surface area contributed by atoms with Crippen molar-refractivity contribution in [2.75, 3.05) is 46.6 Å². The van der Waals surface area contributed by atoms with Crippen LogP contribution in [0, 0.1) is 0 Å². The summed E-state index contributed by atoms with van der Waals surface area (Å²) in [6.45, 7) is 2.84. The van der Waals surface area contributed by atoms with E-state index in [1.807, 2.05) is 0 Å². The van der Waals surface area contributed by atoms with E-state index in [2.05, 4.69) is 10.0 Å². The summed E-state index contributed by atoms with van der Waals surface area (Å²) in [5.74, 6) is 0.742. The standard InChI is InChI=1S/C13H20N2O5S.ClH/c1-18-8-7-14-5-6-15-21(16,17)12-4-2-3-11-13(12)20-10-9-19-11;/h2-4,14-15H,5-10H2,1H3;1H. The van der Waals surface area contributed by atoms with Gasteiger partial charge in [-0.15, -0.1) is 12.4 Å². The smallest absolute Gasteiger partial charge is 0.244 e. The van der Waals surface area contributed by atoms with Crippen LogP contribution in [0.3, 0.4) is 0 Å². The minimum absolute atomic E-state index is 0. The summed E-state index contributed by atoms with van der Waals surface area (Å²) >= 11 is 0. The van der Waals surface area contributed by atoms with Gasteiger partial charge in [-0.05, 0) is 12.1 Å². The molecule has 0 aliphatic carbocycles. The van der Waals surface area contributed by atoms with Crippen molar-refractivity contribution >= 4 is 22.4 Å². The van der Waals surface area contributed by atoms with E-state index in [9.17, 15) is 8.42 Å². The Kier molecular flexibility index (Phi) is 7.91. The second-order valence-corrected chi connectivity index (χ2v) is 6.16. The second-order valence-electron chi connectivity index (χ2n) is 4.42. The molecule has 1 aromatic rings. The molecule has 1 aliphatic rings. The van der Waals surface area contributed by atoms with Gasteiger partial charge in [-0.1, -0.05) is 6.07 Å². The maximum Gasteiger partial charge on any atom is 0.244 e. The quantitative estimate of drug-likeness (QED) is 0.658. The van der Waals surface area contributed by atoms with Gasteiger partial charge in [0.15, 0.2) is 11.5 Å². The predicted molar refractivity (Wildman–Crippen MR) is 84.6 cm³/mol. The highest BCUT2D eigenvalue weighted by molar-refractivity contribution is 7.89. The normalized spacial score (nSPS) is 13.5. The molecule has 0 unspecified atom stereocenters. The first-order valence-corrected chi connectivity index (χ1v) is 8.21. The van der Waals surface area contributed by atoms with Gasteiger partial charge in [0.1, 0.15) is 18.1 Å². The minimum Gasteiger partial charge on any atom is -0.486 e. The van der Waals surface area contributed by atoms with Gasteiger partial charge < -0.3 is 19.5 Å². The molecule has 126 valence electrons. The fourth-order valence-corrected chi connectivity index (χ4v) is 3.10. The molecule has 0 saturated carbocycles. The third kappa shape index (κ3) is 4.99. The fraction of sp³-hybridized carbons (Fsp3) is 0.538. The Morgan fingerprint density at radius 2 is 1.95 bits per heavy atom. The Hall–Kier alpha value is -1.06. The molecule has 9 heteroatoms. The van der Waals surface area contributed by atoms with Crippen LogP contribution >= 0.6 is 12.4 Å². The molecule has 0 amide bonds. The predicted octanol–water partition coefficient (Wildman–Crippen LogP) is 0.394. The molecule has 0 fully saturated rings. The lowest BCUT2D eigenvalue weighted by Gasteiger charge is -2.20. The lowest BCUT2D eigenvalue weighted by Crippen LogP contribution is -2.33. The Balaban J connectivity index is 0.00000242. The maximum atomic E-state index is 12.3. The average molecular weight is 353 g/mol. The van der Waals surface area contributed by atoms with Crippen molar-refractivity contribution < 1.29 is 22.6 Å². The van der Waals surface area contributed by atoms with Crippen molar-refractivity contribution in [1.29, 1.82) is 0 Å². The summed E-state index contributed by atoms with van der Waals surface area (Å²) in [6, 6.07) is 4.84. The largest absolute Gasteiger partial charge is 0.486 e. The Morgan fingerprint density at radius 1 is 1.18 bits per heavy atom. The van der Waals surface area contributed by atoms with Crippen LogP contribution in [-0.4, -0.2) is 55.0 Å². The van der Waals surface area contributed by atoms with E-state index in [0.29, 0.717) is 38.7 Å². The van der Waals surface area contributed by atoms with Gasteiger partial charge in [-0.2, -0.15) is 0 Å². The Labute approximate surface area is 136 Å². The summed E-state index contributed by atoms with van der Waals surface area (Å²) in [4.78, 5) is 0.108. The minimum atomic E-state index is -3.62. The molecule has 0 radical (unpaired) electrons. The summed E-state index contributed by atoms with van der Waals surface area (Å²) < 4.78 is 42.8. The molecular weight excluding hydrogens is 332 g/mol. The number of benzene rings is 1. The zero-order valence-corrected chi connectivity index (χ0v) is 14.0. The Bertz CT molecular complexity index is 568. The number of halogens is 1. The van der Waals surface area contributed by atoms with E-state index < -0.39 is 10.0 Å². The Morgan fingerprint density at radius 3 is 2.73 bits per heavy atom. The van der Waals surface area contributed by atoms with Gasteiger partial charge >= 0.3 is 0 Å². The van der Waals surface area contributed by atoms with Crippen LogP contribution in [0.25, 0.3) is 0 Å². The highest BCUT2D eigenvalue weighted by Crippen LogP contribution is 2.36. The average Bonchev–Trinajstić information content (AvgIpc) is 2.50. The molecule has 2 rings (SSSR count). The topological polar surface area (TPSA) is 85.9 Å². The maximum absolute atomic E-state index is 12.3. The summed E-state index contributed by atoms with van der Waals surface area (Å²) in [6.07, 6.45) is 0. The lowest BCUT2D eigenvalue weighted by molar-refractivity contribution is 0.167. The van der Waals surface area contributed by atoms with Crippen molar-refractivity contribution in [2.24, 2.45) is 0 Å². The number of hydrogen-bond acceptors (Lipinski definition) is 6. The van der Waals surface area contributed by atoms with Crippen molar-refractivity contribution in [1.82, 2.24) is 10.0 Å². The van der Waals surface area contributed by atoms with Crippen LogP contribution in [0.2, 0.25) is 0 Å². The van der Waals surface area contributed by atoms with E-state index in [1.54, 1.807) is 19.2 Å². The van der Waals surface area contributed by atoms with Crippen LogP contribution in [0.4, 0.5) is 0 Å². The van der Waals surface area contributed by atoms with Crippen LogP contribution in [-0.2, 0) is 14.8 Å². The SMILES string of the molecule is COCCNCCNS(=O)(=O)c1cccc2c1OCCO2.Cl. The van der Waals surface area contributed by atoms with Crippen LogP contribution in [0.5, 0.6) is 11.5 Å². The van der Waals surface area contributed by atoms with Gasteiger partial charge in [0.2, 0.25) is 10.0 Å². The van der Waals surface area contributed by atoms with Gasteiger partial charge in [-0.25, -0.2) is 13.1 Å². The molecule has 1 aromatic carbocycles. The van der Waals surface area contributed by atoms with Crippen molar-refractivity contribution in [3.8, 4) is 11.5 Å². The van der Waals surface area contributed by atoms with E-state index in [-0.39, 0.29) is 29.6 Å². The number of methoxy groups -OCH3 is 1. The first-order chi connectivity index (χ1) is 10.1. The van der Waals surface area contributed by atoms with Crippen LogP contribution in [0.1, 0.15) is 0 Å². The molecular formula is C13H21ClN2O5S. The van der Waals surface area contributed by atoms with Gasteiger partial charge in [0, 0.05) is 26.7 Å². The monoisotopic (exact) mass is 352 g/mol. The number of para-hydroxylation sites is 1. The lowest BCUT2D eigenvalue weighted by atomic mass is 10.3. The summed E-state index contributed by atoms with van der Waals surface area (Å²) in [7, 11) is -2.00. The highest BCUT2D eigenvalue weighted by Gasteiger charge is 2.24. The second kappa shape index (κ2) is 9.16. The molecule has 7 nitrogen and oxygen atoms in total. The van der Waals surface area contributed by atoms with Gasteiger partial charge in [0.25, 0.3) is 0 Å². The molecule has 0 aromatic heterocycles. The first-order valence-electron chi connectivity index (χ1n) is 6.73. The van der Waals surface area contributed by atoms with Crippen LogP contribution in [0.15, 0.2) is 23.1 Å². The number of sulfonamides is 1. The summed E-state index contributed by atoms with van der Waals surface area (Å²) in [5.41, 5.74) is 0. The number of hydrogen-bond donors (Lipinski definition) is 2. The van der Waals surface area contributed by atoms with E-state index >= 15 is 0 Å². The molecule has 22 heavy (non-hydrogen) atoms. The van der Waals surface area contributed by atoms with Gasteiger partial charge in [0.05, 0.1) is 6.61 Å². The van der Waals surface area contributed by atoms with Crippen molar-refractivity contribution in [3.05, 3.63) is 18.2 Å². The number of ether oxygens (including phenoxy) is 3. The molecule has 0 bridgehead atoms. The van der Waals surface area contributed by atoms with Crippen LogP contribution < -0.4 is 19.5 Å². The molecule has 2 N–H and O–H groups in total. The zero-order valence-electron chi connectivity index (χ0n) is 12.3. The number of rotatable bonds is 8. The number of fused-ring (bicyclic) bond motifs is 1. The molecule has 0 atom stereocenters.